The van der Waals surface area contributed by atoms with E-state index < -0.39 is 7.60 Å². The smallest absolute Gasteiger partial charge is 0.304 e. The molecule has 0 saturated heterocycles. The van der Waals surface area contributed by atoms with E-state index in [-0.39, 0.29) is 4.77 Å². The fraction of sp³-hybridized carbons (Fsp3) is 0.750. The van der Waals surface area contributed by atoms with Crippen LogP contribution in [0.15, 0.2) is 16.1 Å². The van der Waals surface area contributed by atoms with Gasteiger partial charge in [0.25, 0.3) is 0 Å². The van der Waals surface area contributed by atoms with Gasteiger partial charge in [-0.05, 0) is 45.1 Å². The summed E-state index contributed by atoms with van der Waals surface area (Å²) >= 11 is 6.05. The van der Waals surface area contributed by atoms with E-state index >= 15 is 0 Å². The minimum Gasteiger partial charge on any atom is -0.304 e. The monoisotopic (exact) mass is 278 g/mol. The van der Waals surface area contributed by atoms with Crippen LogP contribution in [0.5, 0.6) is 0 Å². The maximum Gasteiger partial charge on any atom is 0.380 e. The third kappa shape index (κ3) is 4.62. The lowest BCUT2D eigenvalue weighted by molar-refractivity contribution is 0.228. The molecule has 1 rings (SSSR count). The Labute approximate surface area is 108 Å². The van der Waals surface area contributed by atoms with Crippen molar-refractivity contribution in [2.45, 2.75) is 46.0 Å². The molecule has 0 aromatic rings. The summed E-state index contributed by atoms with van der Waals surface area (Å²) in [4.78, 5) is 0. The first-order valence-corrected chi connectivity index (χ1v) is 8.08. The van der Waals surface area contributed by atoms with Crippen molar-refractivity contribution in [1.82, 2.24) is 0 Å². The Kier molecular flexibility index (Phi) is 6.54. The van der Waals surface area contributed by atoms with E-state index in [1.807, 2.05) is 0 Å². The molecule has 1 aliphatic rings. The average molecular weight is 279 g/mol. The average Bonchev–Trinajstić information content (AvgIpc) is 2.31. The highest BCUT2D eigenvalue weighted by molar-refractivity contribution is 7.61. The molecule has 3 nitrogen and oxygen atoms in total. The number of hydrogen-bond donors (Lipinski definition) is 0. The molecule has 0 radical (unpaired) electrons. The van der Waals surface area contributed by atoms with Crippen LogP contribution in [0.25, 0.3) is 0 Å². The highest BCUT2D eigenvalue weighted by atomic mass is 35.5. The van der Waals surface area contributed by atoms with E-state index in [0.717, 1.165) is 31.3 Å². The van der Waals surface area contributed by atoms with Gasteiger partial charge in [-0.3, -0.25) is 4.57 Å². The Morgan fingerprint density at radius 1 is 1.24 bits per heavy atom. The molecule has 0 heterocycles. The highest BCUT2D eigenvalue weighted by Crippen LogP contribution is 2.57. The van der Waals surface area contributed by atoms with Crippen molar-refractivity contribution in [3.63, 3.8) is 0 Å². The summed E-state index contributed by atoms with van der Waals surface area (Å²) < 4.78 is 22.7. The van der Waals surface area contributed by atoms with Gasteiger partial charge in [0.05, 0.1) is 13.2 Å². The molecule has 0 unspecified atom stereocenters. The van der Waals surface area contributed by atoms with Crippen LogP contribution < -0.4 is 0 Å². The first kappa shape index (κ1) is 15.0. The lowest BCUT2D eigenvalue weighted by Crippen LogP contribution is -1.96. The molecule has 1 fully saturated rings. The van der Waals surface area contributed by atoms with Gasteiger partial charge in [-0.25, -0.2) is 0 Å². The zero-order valence-corrected chi connectivity index (χ0v) is 12.2. The van der Waals surface area contributed by atoms with Gasteiger partial charge in [-0.15, -0.1) is 0 Å². The summed E-state index contributed by atoms with van der Waals surface area (Å²) in [5, 5.41) is 0. The van der Waals surface area contributed by atoms with Crippen LogP contribution in [0, 0.1) is 0 Å². The second-order valence-electron chi connectivity index (χ2n) is 3.91. The SMILES string of the molecule is CCOP(=O)(OCC)C(Cl)=C=C1CCCCC1. The number of hydrogen-bond acceptors (Lipinski definition) is 3. The zero-order valence-electron chi connectivity index (χ0n) is 10.5. The van der Waals surface area contributed by atoms with Crippen molar-refractivity contribution >= 4 is 19.2 Å². The van der Waals surface area contributed by atoms with Crippen LogP contribution in [-0.2, 0) is 13.6 Å². The van der Waals surface area contributed by atoms with Crippen molar-refractivity contribution in [2.75, 3.05) is 13.2 Å². The summed E-state index contributed by atoms with van der Waals surface area (Å²) in [6, 6.07) is 0. The fourth-order valence-electron chi connectivity index (χ4n) is 1.81. The topological polar surface area (TPSA) is 35.5 Å². The molecule has 0 aliphatic heterocycles. The molecule has 98 valence electrons. The Hall–Kier alpha value is -0.0400. The maximum atomic E-state index is 12.3. The quantitative estimate of drug-likeness (QED) is 0.534. The largest absolute Gasteiger partial charge is 0.380 e. The van der Waals surface area contributed by atoms with Crippen molar-refractivity contribution in [3.8, 4) is 0 Å². The molecule has 0 bridgehead atoms. The Balaban J connectivity index is 2.93. The maximum absolute atomic E-state index is 12.3. The lowest BCUT2D eigenvalue weighted by Gasteiger charge is -2.15. The highest BCUT2D eigenvalue weighted by Gasteiger charge is 2.28. The predicted molar refractivity (Wildman–Crippen MR) is 70.3 cm³/mol. The first-order chi connectivity index (χ1) is 8.12. The van der Waals surface area contributed by atoms with Crippen LogP contribution in [0.3, 0.4) is 0 Å². The molecule has 0 aromatic heterocycles. The van der Waals surface area contributed by atoms with Crippen LogP contribution in [0.4, 0.5) is 0 Å². The van der Waals surface area contributed by atoms with Gasteiger partial charge in [0.15, 0.2) is 4.77 Å². The fourth-order valence-corrected chi connectivity index (χ4v) is 3.51. The van der Waals surface area contributed by atoms with Gasteiger partial charge in [0.1, 0.15) is 0 Å². The molecule has 5 heteroatoms. The van der Waals surface area contributed by atoms with Gasteiger partial charge in [-0.2, -0.15) is 0 Å². The van der Waals surface area contributed by atoms with E-state index in [9.17, 15) is 4.57 Å². The van der Waals surface area contributed by atoms with Gasteiger partial charge in [-0.1, -0.05) is 23.8 Å². The van der Waals surface area contributed by atoms with Gasteiger partial charge < -0.3 is 9.05 Å². The summed E-state index contributed by atoms with van der Waals surface area (Å²) in [6.45, 7) is 4.15. The molecule has 1 saturated carbocycles. The number of allylic oxidation sites excluding steroid dienone is 1. The Morgan fingerprint density at radius 2 is 1.76 bits per heavy atom. The summed E-state index contributed by atoms with van der Waals surface area (Å²) in [5.41, 5.74) is 4.14. The molecule has 0 aromatic carbocycles. The van der Waals surface area contributed by atoms with E-state index in [1.165, 1.54) is 6.42 Å². The molecule has 17 heavy (non-hydrogen) atoms. The number of halogens is 1. The zero-order chi connectivity index (χ0) is 12.7. The second kappa shape index (κ2) is 7.41. The van der Waals surface area contributed by atoms with Gasteiger partial charge >= 0.3 is 7.60 Å². The minimum absolute atomic E-state index is 0.0955. The first-order valence-electron chi connectivity index (χ1n) is 6.16. The van der Waals surface area contributed by atoms with E-state index in [2.05, 4.69) is 5.73 Å². The molecule has 0 atom stereocenters. The minimum atomic E-state index is -3.33. The Bertz CT molecular complexity index is 341. The molecule has 0 N–H and O–H groups in total. The molecule has 1 aliphatic carbocycles. The van der Waals surface area contributed by atoms with E-state index in [0.29, 0.717) is 13.2 Å². The van der Waals surface area contributed by atoms with Crippen molar-refractivity contribution in [3.05, 3.63) is 16.1 Å². The van der Waals surface area contributed by atoms with Crippen LogP contribution in [-0.4, -0.2) is 13.2 Å². The van der Waals surface area contributed by atoms with Gasteiger partial charge in [0.2, 0.25) is 0 Å². The molecule has 0 spiro atoms. The van der Waals surface area contributed by atoms with Crippen LogP contribution in [0.1, 0.15) is 46.0 Å². The van der Waals surface area contributed by atoms with E-state index in [1.54, 1.807) is 13.8 Å². The third-order valence-corrected chi connectivity index (χ3v) is 5.08. The third-order valence-electron chi connectivity index (χ3n) is 2.58. The molecule has 0 amide bonds. The summed E-state index contributed by atoms with van der Waals surface area (Å²) in [7, 11) is -3.33. The van der Waals surface area contributed by atoms with Crippen molar-refractivity contribution in [1.29, 1.82) is 0 Å². The van der Waals surface area contributed by atoms with Crippen molar-refractivity contribution in [2.24, 2.45) is 0 Å². The van der Waals surface area contributed by atoms with Crippen LogP contribution >= 0.6 is 19.2 Å². The summed E-state index contributed by atoms with van der Waals surface area (Å²) in [5.74, 6) is 0. The van der Waals surface area contributed by atoms with Crippen molar-refractivity contribution < 1.29 is 13.6 Å². The standard InChI is InChI=1S/C12H20ClO3P/c1-3-15-17(14,16-4-2)12(13)10-11-8-6-5-7-9-11/h3-9H2,1-2H3. The Morgan fingerprint density at radius 3 is 2.24 bits per heavy atom. The molecular formula is C12H20ClO3P. The summed E-state index contributed by atoms with van der Waals surface area (Å²) in [6.07, 6.45) is 5.51. The second-order valence-corrected chi connectivity index (χ2v) is 6.51. The molecular weight excluding hydrogens is 259 g/mol. The normalized spacial score (nSPS) is 16.8. The van der Waals surface area contributed by atoms with Gasteiger partial charge in [0, 0.05) is 0 Å². The number of rotatable bonds is 5. The lowest BCUT2D eigenvalue weighted by atomic mass is 9.96. The van der Waals surface area contributed by atoms with E-state index in [4.69, 9.17) is 20.6 Å². The van der Waals surface area contributed by atoms with Crippen LogP contribution in [0.2, 0.25) is 0 Å². The predicted octanol–water partition coefficient (Wildman–Crippen LogP) is 4.82.